The first-order chi connectivity index (χ1) is 42.4. The molecule has 0 saturated carbocycles. The Kier molecular flexibility index (Phi) is 36.9. The number of cyclic esters (lactones) is 1. The molecule has 3 aliphatic heterocycles. The predicted octanol–water partition coefficient (Wildman–Crippen LogP) is 6.89. The Morgan fingerprint density at radius 3 is 1.95 bits per heavy atom. The molecule has 522 valence electrons. The summed E-state index contributed by atoms with van der Waals surface area (Å²) >= 11 is 12.2. The van der Waals surface area contributed by atoms with Gasteiger partial charge in [0.2, 0.25) is 0 Å². The maximum atomic E-state index is 14.2. The molecule has 3 saturated heterocycles. The maximum Gasteiger partial charge on any atom is 1.00 e. The Morgan fingerprint density at radius 1 is 0.815 bits per heavy atom. The molecule has 0 bridgehead atoms. The van der Waals surface area contributed by atoms with Crippen molar-refractivity contribution in [2.24, 2.45) is 23.7 Å². The zero-order valence-electron chi connectivity index (χ0n) is 57.4. The summed E-state index contributed by atoms with van der Waals surface area (Å²) in [4.78, 5) is 53.9. The van der Waals surface area contributed by atoms with E-state index in [-0.39, 0.29) is 79.6 Å². The fourth-order valence-corrected chi connectivity index (χ4v) is 13.0. The quantitative estimate of drug-likeness (QED) is 0.0270. The number of unbranched alkanes of at least 4 members (excludes halogenated alkanes) is 9. The monoisotopic (exact) mass is 1370 g/mol. The first kappa shape index (κ1) is 85.5. The van der Waals surface area contributed by atoms with Gasteiger partial charge in [-0.15, -0.1) is 0 Å². The van der Waals surface area contributed by atoms with E-state index in [0.29, 0.717) is 34.3 Å². The van der Waals surface area contributed by atoms with Crippen molar-refractivity contribution in [1.82, 2.24) is 4.90 Å². The predicted molar refractivity (Wildman–Crippen MR) is 345 cm³/mol. The van der Waals surface area contributed by atoms with Crippen LogP contribution in [0, 0.1) is 30.6 Å². The first-order valence-corrected chi connectivity index (χ1v) is 34.3. The number of hydrogen-bond donors (Lipinski definition) is 6. The summed E-state index contributed by atoms with van der Waals surface area (Å²) in [6, 6.07) is 9.59. The number of aliphatic hydroxyl groups is 4. The Labute approximate surface area is 579 Å². The molecule has 22 nitrogen and oxygen atoms in total. The van der Waals surface area contributed by atoms with Crippen LogP contribution in [-0.4, -0.2) is 174 Å². The molecule has 0 aromatic heterocycles. The van der Waals surface area contributed by atoms with Gasteiger partial charge in [0.05, 0.1) is 82.0 Å². The number of likely N-dealkylation sites (N-methyl/N-ethyl adjacent to an activating group) is 1. The van der Waals surface area contributed by atoms with Gasteiger partial charge in [-0.25, -0.2) is 4.18 Å². The van der Waals surface area contributed by atoms with Crippen molar-refractivity contribution in [3.63, 3.8) is 0 Å². The number of aryl methyl sites for hydroxylation is 1. The van der Waals surface area contributed by atoms with Gasteiger partial charge in [-0.3, -0.25) is 18.9 Å². The fraction of sp³-hybridized carbons (Fsp3) is 0.758. The standard InChI is InChI=1S/C40H71NO14.C14H11Cl2NO2.C12H26O4S.Na/c1-15-27-40(11,48)33(44)22(5)30(43)20(3)18-38(9,47)35(55-37-32(53-28(42)16-2)26(41(12)13)17-21(4)50-37)23(6)31(24(7)36(46)52-27)54-29-19-39(10,49-14)34(45)25(8)51-29;1-8-6-7-10(15)13(12(8)16)17-11-5-3-2-4-9(11)14(18)19;1-2-3-4-5-6-7-8-9-10-11-12-16-17(13,14)15;/h20-27,29,31-35,37,44-45,47-48H,15-19H2,1-14H3;2-7,17H,1H3,(H,18,19);2-12H2,1H3,(H,13,14,15);/q;;;+1/p-1. The Hall–Kier alpha value is -2.63. The molecular formula is C66H107Cl2N2NaO20S. The molecule has 2 aromatic rings. The molecule has 26 heteroatoms. The number of rotatable bonds is 24. The van der Waals surface area contributed by atoms with Crippen LogP contribution in [0.2, 0.25) is 10.0 Å². The molecule has 0 spiro atoms. The third-order valence-electron chi connectivity index (χ3n) is 17.8. The number of carboxylic acid groups (broad SMARTS) is 1. The van der Waals surface area contributed by atoms with Gasteiger partial charge in [-0.1, -0.05) is 147 Å². The molecule has 3 aliphatic rings. The van der Waals surface area contributed by atoms with Crippen LogP contribution in [0.25, 0.3) is 0 Å². The number of aliphatic hydroxyl groups excluding tert-OH is 2. The van der Waals surface area contributed by atoms with Crippen molar-refractivity contribution in [3.8, 4) is 0 Å². The second-order valence-electron chi connectivity index (χ2n) is 25.7. The van der Waals surface area contributed by atoms with Gasteiger partial charge >= 0.3 is 51.9 Å². The molecule has 5 rings (SSSR count). The van der Waals surface area contributed by atoms with E-state index in [1.807, 2.05) is 32.8 Å². The van der Waals surface area contributed by atoms with E-state index in [9.17, 15) is 53.1 Å². The number of carboxylic acids is 1. The molecule has 92 heavy (non-hydrogen) atoms. The summed E-state index contributed by atoms with van der Waals surface area (Å²) in [5.74, 6) is -6.85. The minimum absolute atomic E-state index is 0. The van der Waals surface area contributed by atoms with E-state index in [2.05, 4.69) is 16.4 Å². The van der Waals surface area contributed by atoms with Gasteiger partial charge in [0.1, 0.15) is 23.6 Å². The summed E-state index contributed by atoms with van der Waals surface area (Å²) < 4.78 is 76.6. The third-order valence-corrected chi connectivity index (χ3v) is 19.0. The summed E-state index contributed by atoms with van der Waals surface area (Å²) in [5.41, 5.74) is -3.15. The van der Waals surface area contributed by atoms with Crippen LogP contribution in [0.4, 0.5) is 11.4 Å². The molecule has 6 N–H and O–H groups in total. The van der Waals surface area contributed by atoms with Gasteiger partial charge in [-0.2, -0.15) is 8.42 Å². The number of esters is 2. The zero-order chi connectivity index (χ0) is 68.9. The van der Waals surface area contributed by atoms with E-state index in [4.69, 9.17) is 60.9 Å². The van der Waals surface area contributed by atoms with Gasteiger partial charge in [-0.05, 0) is 106 Å². The second kappa shape index (κ2) is 39.7. The topological polar surface area (TPSA) is 316 Å². The number of Topliss-reactive ketones (excluding diaryl/α,β-unsaturated/α-hetero) is 1. The van der Waals surface area contributed by atoms with Crippen LogP contribution in [0.5, 0.6) is 0 Å². The molecule has 3 heterocycles. The number of carbonyl (C=O) groups is 4. The summed E-state index contributed by atoms with van der Waals surface area (Å²) in [6.45, 7) is 22.1. The van der Waals surface area contributed by atoms with Crippen molar-refractivity contribution < 1.29 is 125 Å². The largest absolute Gasteiger partial charge is 1.00 e. The molecule has 18 unspecified atom stereocenters. The third kappa shape index (κ3) is 25.3. The van der Waals surface area contributed by atoms with Crippen molar-refractivity contribution in [3.05, 3.63) is 57.6 Å². The molecule has 0 radical (unpaired) electrons. The number of hydrogen-bond acceptors (Lipinski definition) is 21. The fourth-order valence-electron chi connectivity index (χ4n) is 12.2. The van der Waals surface area contributed by atoms with Gasteiger partial charge in [0, 0.05) is 49.0 Å². The van der Waals surface area contributed by atoms with E-state index in [1.165, 1.54) is 78.9 Å². The number of aromatic carboxylic acids is 1. The minimum Gasteiger partial charge on any atom is -0.545 e. The van der Waals surface area contributed by atoms with Gasteiger partial charge < -0.3 is 73.7 Å². The van der Waals surface area contributed by atoms with Crippen molar-refractivity contribution in [2.45, 2.75) is 271 Å². The number of benzene rings is 2. The first-order valence-electron chi connectivity index (χ1n) is 32.1. The van der Waals surface area contributed by atoms with Crippen LogP contribution in [0.3, 0.4) is 0 Å². The zero-order valence-corrected chi connectivity index (χ0v) is 61.7. The molecular weight excluding hydrogens is 1270 g/mol. The number of ether oxygens (including phenoxy) is 7. The Morgan fingerprint density at radius 2 is 1.40 bits per heavy atom. The number of nitrogens with one attached hydrogen (secondary N) is 1. The normalized spacial score (nSPS) is 32.3. The average Bonchev–Trinajstić information content (AvgIpc) is 0.784. The molecule has 18 atom stereocenters. The molecule has 0 aliphatic carbocycles. The van der Waals surface area contributed by atoms with E-state index in [0.717, 1.165) is 18.4 Å². The number of methoxy groups -OCH3 is 1. The second-order valence-corrected chi connectivity index (χ2v) is 27.6. The minimum atomic E-state index is -4.23. The summed E-state index contributed by atoms with van der Waals surface area (Å²) in [7, 11) is 0.973. The Balaban J connectivity index is 0.000000629. The number of halogens is 2. The van der Waals surface area contributed by atoms with Crippen molar-refractivity contribution in [2.75, 3.05) is 33.1 Å². The van der Waals surface area contributed by atoms with Crippen LogP contribution in [-0.2, 0) is 62.1 Å². The van der Waals surface area contributed by atoms with E-state index in [1.54, 1.807) is 78.8 Å². The number of para-hydroxylation sites is 1. The van der Waals surface area contributed by atoms with E-state index >= 15 is 0 Å². The van der Waals surface area contributed by atoms with Crippen LogP contribution in [0.1, 0.15) is 195 Å². The van der Waals surface area contributed by atoms with E-state index < -0.39 is 130 Å². The van der Waals surface area contributed by atoms with Gasteiger partial charge in [0.15, 0.2) is 18.7 Å². The van der Waals surface area contributed by atoms with Crippen LogP contribution in [0.15, 0.2) is 36.4 Å². The molecule has 2 aromatic carbocycles. The summed E-state index contributed by atoms with van der Waals surface area (Å²) in [6.07, 6.45) is 2.17. The maximum absolute atomic E-state index is 14.2. The SMILES string of the molecule is CCC(=O)OC1C(OC2C(C)C(OC3CC(C)(OC)C(O)C(C)O3)C(C)C(=O)OC(CC)C(C)(O)C(O)C(C)C(=O)C(C)CC2(C)O)OC(C)CC1N(C)C.CCCCCCCCCCCCOS(=O)(=O)O.Cc1ccc(Cl)c(Nc2ccccc2C(=O)[O-])c1Cl.[Na+]. The van der Waals surface area contributed by atoms with Gasteiger partial charge in [0.25, 0.3) is 0 Å². The smallest absolute Gasteiger partial charge is 0.545 e. The molecule has 3 fully saturated rings. The average molecular weight is 1370 g/mol. The van der Waals surface area contributed by atoms with Crippen LogP contribution < -0.4 is 40.0 Å². The van der Waals surface area contributed by atoms with Crippen molar-refractivity contribution >= 4 is 68.7 Å². The number of nitrogens with zero attached hydrogens (tertiary/aromatic N) is 1. The molecule has 0 amide bonds. The summed E-state index contributed by atoms with van der Waals surface area (Å²) in [5, 5.41) is 61.4. The number of anilines is 2. The Bertz CT molecular complexity index is 2710. The van der Waals surface area contributed by atoms with Crippen LogP contribution >= 0.6 is 23.2 Å². The number of carbonyl (C=O) groups excluding carboxylic acids is 4. The van der Waals surface area contributed by atoms with Crippen molar-refractivity contribution in [1.29, 1.82) is 0 Å². The number of ketones is 1.